The van der Waals surface area contributed by atoms with Gasteiger partial charge in [-0.3, -0.25) is 4.79 Å². The molecule has 3 rings (SSSR count). The molecule has 0 unspecified atom stereocenters. The third-order valence-electron chi connectivity index (χ3n) is 5.05. The molecule has 0 saturated carbocycles. The maximum atomic E-state index is 12.2. The maximum absolute atomic E-state index is 12.2. The first-order valence-corrected chi connectivity index (χ1v) is 9.91. The van der Waals surface area contributed by atoms with Gasteiger partial charge in [0, 0.05) is 5.69 Å². The number of amides is 1. The van der Waals surface area contributed by atoms with Crippen LogP contribution in [0.1, 0.15) is 42.5 Å². The lowest BCUT2D eigenvalue weighted by Gasteiger charge is -2.14. The predicted octanol–water partition coefficient (Wildman–Crippen LogP) is 3.86. The van der Waals surface area contributed by atoms with Gasteiger partial charge in [-0.1, -0.05) is 38.1 Å². The number of para-hydroxylation sites is 1. The summed E-state index contributed by atoms with van der Waals surface area (Å²) in [6.45, 7) is 3.55. The van der Waals surface area contributed by atoms with Crippen molar-refractivity contribution in [2.24, 2.45) is 0 Å². The van der Waals surface area contributed by atoms with E-state index in [4.69, 9.17) is 9.47 Å². The fourth-order valence-corrected chi connectivity index (χ4v) is 3.55. The number of aryl methyl sites for hydroxylation is 4. The van der Waals surface area contributed by atoms with Gasteiger partial charge in [-0.15, -0.1) is 0 Å². The van der Waals surface area contributed by atoms with Gasteiger partial charge < -0.3 is 14.8 Å². The Labute approximate surface area is 166 Å². The summed E-state index contributed by atoms with van der Waals surface area (Å²) < 4.78 is 10.6. The summed E-state index contributed by atoms with van der Waals surface area (Å²) in [7, 11) is 0. The van der Waals surface area contributed by atoms with Gasteiger partial charge >= 0.3 is 5.97 Å². The second kappa shape index (κ2) is 9.40. The van der Waals surface area contributed by atoms with Crippen molar-refractivity contribution in [3.63, 3.8) is 0 Å². The number of ether oxygens (including phenoxy) is 2. The molecule has 0 fully saturated rings. The zero-order valence-electron chi connectivity index (χ0n) is 16.5. The summed E-state index contributed by atoms with van der Waals surface area (Å²) >= 11 is 0. The second-order valence-corrected chi connectivity index (χ2v) is 6.94. The highest BCUT2D eigenvalue weighted by atomic mass is 16.6. The second-order valence-electron chi connectivity index (χ2n) is 6.94. The molecular weight excluding hydrogens is 354 g/mol. The molecule has 28 heavy (non-hydrogen) atoms. The Morgan fingerprint density at radius 2 is 1.68 bits per heavy atom. The van der Waals surface area contributed by atoms with E-state index in [0.29, 0.717) is 5.75 Å². The molecule has 0 spiro atoms. The molecule has 1 aliphatic carbocycles. The van der Waals surface area contributed by atoms with Crippen molar-refractivity contribution in [2.45, 2.75) is 46.0 Å². The summed E-state index contributed by atoms with van der Waals surface area (Å²) in [5.74, 6) is -0.247. The molecular formula is C23H27NO4. The number of hydrogen-bond donors (Lipinski definition) is 1. The molecule has 0 aliphatic heterocycles. The van der Waals surface area contributed by atoms with Gasteiger partial charge in [0.1, 0.15) is 5.75 Å². The largest absolute Gasteiger partial charge is 0.482 e. The SMILES string of the molecule is CCc1cccc(CC)c1NC(=O)COC(=O)COc1ccc2c(c1)CCC2. The van der Waals surface area contributed by atoms with E-state index in [-0.39, 0.29) is 19.1 Å². The third-order valence-corrected chi connectivity index (χ3v) is 5.05. The number of benzene rings is 2. The minimum Gasteiger partial charge on any atom is -0.482 e. The van der Waals surface area contributed by atoms with Gasteiger partial charge in [0.15, 0.2) is 13.2 Å². The molecule has 1 N–H and O–H groups in total. The molecule has 0 radical (unpaired) electrons. The number of carbonyl (C=O) groups excluding carboxylic acids is 2. The number of carbonyl (C=O) groups is 2. The molecule has 5 nitrogen and oxygen atoms in total. The van der Waals surface area contributed by atoms with Gasteiger partial charge in [-0.25, -0.2) is 4.79 Å². The summed E-state index contributed by atoms with van der Waals surface area (Å²) in [5, 5.41) is 2.88. The summed E-state index contributed by atoms with van der Waals surface area (Å²) in [4.78, 5) is 24.2. The summed E-state index contributed by atoms with van der Waals surface area (Å²) in [5.41, 5.74) is 5.60. The highest BCUT2D eigenvalue weighted by Gasteiger charge is 2.14. The van der Waals surface area contributed by atoms with Crippen molar-refractivity contribution in [1.29, 1.82) is 0 Å². The third kappa shape index (κ3) is 4.91. The molecule has 5 heteroatoms. The Bertz CT molecular complexity index is 837. The Kier molecular flexibility index (Phi) is 6.69. The van der Waals surface area contributed by atoms with Crippen LogP contribution in [0.5, 0.6) is 5.75 Å². The van der Waals surface area contributed by atoms with Crippen molar-refractivity contribution in [2.75, 3.05) is 18.5 Å². The number of esters is 1. The van der Waals surface area contributed by atoms with Crippen LogP contribution in [0.4, 0.5) is 5.69 Å². The number of nitrogens with one attached hydrogen (secondary N) is 1. The highest BCUT2D eigenvalue weighted by molar-refractivity contribution is 5.94. The van der Waals surface area contributed by atoms with Crippen molar-refractivity contribution >= 4 is 17.6 Å². The van der Waals surface area contributed by atoms with Gasteiger partial charge in [0.25, 0.3) is 5.91 Å². The van der Waals surface area contributed by atoms with E-state index in [1.165, 1.54) is 11.1 Å². The van der Waals surface area contributed by atoms with Gasteiger partial charge in [-0.05, 0) is 66.5 Å². The fourth-order valence-electron chi connectivity index (χ4n) is 3.55. The summed E-state index contributed by atoms with van der Waals surface area (Å²) in [6, 6.07) is 11.9. The van der Waals surface area contributed by atoms with E-state index in [0.717, 1.165) is 48.9 Å². The molecule has 0 saturated heterocycles. The van der Waals surface area contributed by atoms with Crippen LogP contribution < -0.4 is 10.1 Å². The van der Waals surface area contributed by atoms with E-state index in [9.17, 15) is 9.59 Å². The van der Waals surface area contributed by atoms with Crippen LogP contribution in [0.15, 0.2) is 36.4 Å². The van der Waals surface area contributed by atoms with Crippen LogP contribution in [0.25, 0.3) is 0 Å². The van der Waals surface area contributed by atoms with Crippen LogP contribution in [0.2, 0.25) is 0 Å². The standard InChI is InChI=1S/C23H27NO4/c1-3-16-7-5-8-17(4-2)23(16)24-21(25)14-28-22(26)15-27-20-12-11-18-9-6-10-19(18)13-20/h5,7-8,11-13H,3-4,6,9-10,14-15H2,1-2H3,(H,24,25). The van der Waals surface area contributed by atoms with Crippen LogP contribution >= 0.6 is 0 Å². The molecule has 1 aliphatic rings. The molecule has 0 aromatic heterocycles. The first-order valence-electron chi connectivity index (χ1n) is 9.91. The number of rotatable bonds is 8. The molecule has 2 aromatic rings. The average molecular weight is 381 g/mol. The zero-order chi connectivity index (χ0) is 19.9. The van der Waals surface area contributed by atoms with Crippen LogP contribution in [-0.2, 0) is 40.0 Å². The Hall–Kier alpha value is -2.82. The molecule has 0 heterocycles. The molecule has 2 aromatic carbocycles. The van der Waals surface area contributed by atoms with E-state index < -0.39 is 5.97 Å². The van der Waals surface area contributed by atoms with Gasteiger partial charge in [-0.2, -0.15) is 0 Å². The fraction of sp³-hybridized carbons (Fsp3) is 0.391. The van der Waals surface area contributed by atoms with Crippen LogP contribution in [0, 0.1) is 0 Å². The first-order chi connectivity index (χ1) is 13.6. The molecule has 1 amide bonds. The molecule has 148 valence electrons. The minimum absolute atomic E-state index is 0.210. The Morgan fingerprint density at radius 3 is 2.39 bits per heavy atom. The first kappa shape index (κ1) is 19.9. The average Bonchev–Trinajstić information content (AvgIpc) is 3.18. The number of anilines is 1. The van der Waals surface area contributed by atoms with Crippen molar-refractivity contribution < 1.29 is 19.1 Å². The Morgan fingerprint density at radius 1 is 0.964 bits per heavy atom. The van der Waals surface area contributed by atoms with E-state index in [1.807, 2.05) is 50.2 Å². The quantitative estimate of drug-likeness (QED) is 0.705. The lowest BCUT2D eigenvalue weighted by molar-refractivity contribution is -0.149. The van der Waals surface area contributed by atoms with Crippen molar-refractivity contribution in [3.8, 4) is 5.75 Å². The smallest absolute Gasteiger partial charge is 0.344 e. The highest BCUT2D eigenvalue weighted by Crippen LogP contribution is 2.26. The minimum atomic E-state index is -0.560. The summed E-state index contributed by atoms with van der Waals surface area (Å²) in [6.07, 6.45) is 4.95. The zero-order valence-corrected chi connectivity index (χ0v) is 16.5. The monoisotopic (exact) mass is 381 g/mol. The lowest BCUT2D eigenvalue weighted by Crippen LogP contribution is -2.24. The van der Waals surface area contributed by atoms with E-state index in [1.54, 1.807) is 0 Å². The topological polar surface area (TPSA) is 64.6 Å². The lowest BCUT2D eigenvalue weighted by atomic mass is 10.0. The normalized spacial score (nSPS) is 12.4. The van der Waals surface area contributed by atoms with Gasteiger partial charge in [0.05, 0.1) is 0 Å². The number of fused-ring (bicyclic) bond motifs is 1. The maximum Gasteiger partial charge on any atom is 0.344 e. The van der Waals surface area contributed by atoms with E-state index in [2.05, 4.69) is 5.32 Å². The van der Waals surface area contributed by atoms with Gasteiger partial charge in [0.2, 0.25) is 0 Å². The van der Waals surface area contributed by atoms with E-state index >= 15 is 0 Å². The molecule has 0 bridgehead atoms. The van der Waals surface area contributed by atoms with Crippen LogP contribution in [-0.4, -0.2) is 25.1 Å². The van der Waals surface area contributed by atoms with Crippen molar-refractivity contribution in [3.05, 3.63) is 58.7 Å². The Balaban J connectivity index is 1.48. The van der Waals surface area contributed by atoms with Crippen molar-refractivity contribution in [1.82, 2.24) is 0 Å². The van der Waals surface area contributed by atoms with Crippen LogP contribution in [0.3, 0.4) is 0 Å². The molecule has 0 atom stereocenters. The number of hydrogen-bond acceptors (Lipinski definition) is 4. The predicted molar refractivity (Wildman–Crippen MR) is 109 cm³/mol.